The minimum absolute atomic E-state index is 0.0950. The molecule has 0 saturated carbocycles. The zero-order chi connectivity index (χ0) is 16.4. The largest absolute Gasteiger partial charge is 0.495 e. The highest BCUT2D eigenvalue weighted by atomic mass is 35.5. The van der Waals surface area contributed by atoms with Gasteiger partial charge in [-0.1, -0.05) is 17.7 Å². The number of halogens is 1. The molecular weight excluding hydrogens is 322 g/mol. The van der Waals surface area contributed by atoms with Gasteiger partial charge in [0.1, 0.15) is 11.5 Å². The van der Waals surface area contributed by atoms with Gasteiger partial charge in [-0.05, 0) is 12.1 Å². The van der Waals surface area contributed by atoms with E-state index in [1.165, 1.54) is 14.2 Å². The highest BCUT2D eigenvalue weighted by Crippen LogP contribution is 2.38. The van der Waals surface area contributed by atoms with Crippen molar-refractivity contribution in [3.8, 4) is 23.0 Å². The fourth-order valence-electron chi connectivity index (χ4n) is 2.26. The summed E-state index contributed by atoms with van der Waals surface area (Å²) in [7, 11) is 2.99. The lowest BCUT2D eigenvalue weighted by molar-refractivity contribution is 0.102. The second-order valence-corrected chi connectivity index (χ2v) is 5.09. The predicted octanol–water partition coefficient (Wildman–Crippen LogP) is 3.34. The molecule has 0 radical (unpaired) electrons. The molecule has 0 saturated heterocycles. The van der Waals surface area contributed by atoms with E-state index in [0.717, 1.165) is 0 Å². The summed E-state index contributed by atoms with van der Waals surface area (Å²) in [6.45, 7) is 0.0950. The van der Waals surface area contributed by atoms with Crippen LogP contribution >= 0.6 is 11.6 Å². The lowest BCUT2D eigenvalue weighted by Gasteiger charge is -2.13. The summed E-state index contributed by atoms with van der Waals surface area (Å²) in [5.74, 6) is 1.47. The third-order valence-corrected chi connectivity index (χ3v) is 3.66. The van der Waals surface area contributed by atoms with Gasteiger partial charge >= 0.3 is 0 Å². The van der Waals surface area contributed by atoms with Crippen molar-refractivity contribution in [1.29, 1.82) is 0 Å². The third kappa shape index (κ3) is 2.85. The Kier molecular flexibility index (Phi) is 4.16. The summed E-state index contributed by atoms with van der Waals surface area (Å²) in [4.78, 5) is 12.6. The maximum atomic E-state index is 12.6. The molecule has 0 unspecified atom stereocenters. The number of nitrogens with one attached hydrogen (secondary N) is 1. The van der Waals surface area contributed by atoms with Gasteiger partial charge in [-0.15, -0.1) is 0 Å². The number of rotatable bonds is 4. The van der Waals surface area contributed by atoms with Crippen LogP contribution in [0.3, 0.4) is 0 Å². The van der Waals surface area contributed by atoms with Crippen molar-refractivity contribution in [2.45, 2.75) is 0 Å². The number of methoxy groups -OCH3 is 2. The van der Waals surface area contributed by atoms with Crippen LogP contribution in [-0.2, 0) is 0 Å². The molecule has 1 aliphatic heterocycles. The van der Waals surface area contributed by atoms with Crippen molar-refractivity contribution < 1.29 is 23.7 Å². The molecule has 0 aromatic heterocycles. The van der Waals surface area contributed by atoms with Gasteiger partial charge in [0.15, 0.2) is 11.5 Å². The van der Waals surface area contributed by atoms with E-state index in [0.29, 0.717) is 39.3 Å². The first-order valence-corrected chi connectivity index (χ1v) is 7.13. The quantitative estimate of drug-likeness (QED) is 0.928. The molecular formula is C16H14ClNO5. The first-order chi connectivity index (χ1) is 11.1. The van der Waals surface area contributed by atoms with Gasteiger partial charge < -0.3 is 24.3 Å². The van der Waals surface area contributed by atoms with Crippen LogP contribution in [0.25, 0.3) is 0 Å². The first kappa shape index (κ1) is 15.3. The van der Waals surface area contributed by atoms with Gasteiger partial charge in [0.2, 0.25) is 6.79 Å². The van der Waals surface area contributed by atoms with Crippen LogP contribution in [0.5, 0.6) is 23.0 Å². The Labute approximate surface area is 137 Å². The number of carbonyl (C=O) groups excluding carboxylic acids is 1. The second kappa shape index (κ2) is 6.26. The molecule has 0 atom stereocenters. The van der Waals surface area contributed by atoms with Gasteiger partial charge in [0.05, 0.1) is 30.5 Å². The minimum Gasteiger partial charge on any atom is -0.495 e. The van der Waals surface area contributed by atoms with Gasteiger partial charge in [-0.2, -0.15) is 0 Å². The van der Waals surface area contributed by atoms with Crippen molar-refractivity contribution in [2.75, 3.05) is 26.3 Å². The third-order valence-electron chi connectivity index (χ3n) is 3.36. The van der Waals surface area contributed by atoms with Gasteiger partial charge in [0.25, 0.3) is 5.91 Å². The molecule has 1 N–H and O–H groups in total. The van der Waals surface area contributed by atoms with Crippen molar-refractivity contribution in [2.24, 2.45) is 0 Å². The van der Waals surface area contributed by atoms with Crippen molar-refractivity contribution >= 4 is 23.2 Å². The average Bonchev–Trinajstić information content (AvgIpc) is 3.04. The Hall–Kier alpha value is -2.60. The lowest BCUT2D eigenvalue weighted by Crippen LogP contribution is -2.13. The summed E-state index contributed by atoms with van der Waals surface area (Å²) >= 11 is 6.06. The molecule has 6 nitrogen and oxygen atoms in total. The molecule has 2 aromatic carbocycles. The summed E-state index contributed by atoms with van der Waals surface area (Å²) in [5.41, 5.74) is 0.811. The lowest BCUT2D eigenvalue weighted by atomic mass is 10.1. The molecule has 1 heterocycles. The Morgan fingerprint density at radius 1 is 1.17 bits per heavy atom. The van der Waals surface area contributed by atoms with E-state index in [2.05, 4.69) is 5.32 Å². The van der Waals surface area contributed by atoms with Crippen LogP contribution in [0.1, 0.15) is 10.4 Å². The molecule has 1 aliphatic rings. The standard InChI is InChI=1S/C16H14ClNO5/c1-20-13-7-11(14(21-2)6-10(13)17)18-16(19)9-4-3-5-12-15(9)23-8-22-12/h3-7H,8H2,1-2H3,(H,18,19). The fourth-order valence-corrected chi connectivity index (χ4v) is 2.49. The topological polar surface area (TPSA) is 66.0 Å². The fraction of sp³-hybridized carbons (Fsp3) is 0.188. The maximum absolute atomic E-state index is 12.6. The molecule has 2 aromatic rings. The van der Waals surface area contributed by atoms with E-state index in [4.69, 9.17) is 30.5 Å². The Bertz CT molecular complexity index is 762. The van der Waals surface area contributed by atoms with Crippen LogP contribution in [0.15, 0.2) is 30.3 Å². The SMILES string of the molecule is COc1cc(NC(=O)c2cccc3c2OCO3)c(OC)cc1Cl. The average molecular weight is 336 g/mol. The molecule has 0 bridgehead atoms. The van der Waals surface area contributed by atoms with E-state index in [9.17, 15) is 4.79 Å². The molecule has 0 spiro atoms. The zero-order valence-electron chi connectivity index (χ0n) is 12.5. The van der Waals surface area contributed by atoms with Crippen LogP contribution in [0, 0.1) is 0 Å². The van der Waals surface area contributed by atoms with Gasteiger partial charge in [-0.25, -0.2) is 0 Å². The van der Waals surface area contributed by atoms with Crippen LogP contribution in [-0.4, -0.2) is 26.9 Å². The maximum Gasteiger partial charge on any atom is 0.259 e. The number of carbonyl (C=O) groups is 1. The number of amides is 1. The smallest absolute Gasteiger partial charge is 0.259 e. The van der Waals surface area contributed by atoms with Gasteiger partial charge in [0, 0.05) is 12.1 Å². The summed E-state index contributed by atoms with van der Waals surface area (Å²) in [6, 6.07) is 8.29. The molecule has 3 rings (SSSR count). The molecule has 23 heavy (non-hydrogen) atoms. The van der Waals surface area contributed by atoms with Crippen molar-refractivity contribution in [1.82, 2.24) is 0 Å². The van der Waals surface area contributed by atoms with Crippen LogP contribution in [0.2, 0.25) is 5.02 Å². The zero-order valence-corrected chi connectivity index (χ0v) is 13.3. The Morgan fingerprint density at radius 2 is 1.96 bits per heavy atom. The van der Waals surface area contributed by atoms with Crippen molar-refractivity contribution in [3.63, 3.8) is 0 Å². The van der Waals surface area contributed by atoms with Crippen molar-refractivity contribution in [3.05, 3.63) is 40.9 Å². The molecule has 7 heteroatoms. The predicted molar refractivity (Wildman–Crippen MR) is 85.1 cm³/mol. The number of ether oxygens (including phenoxy) is 4. The number of hydrogen-bond donors (Lipinski definition) is 1. The number of para-hydroxylation sites is 1. The highest BCUT2D eigenvalue weighted by Gasteiger charge is 2.23. The minimum atomic E-state index is -0.352. The van der Waals surface area contributed by atoms with Crippen LogP contribution in [0.4, 0.5) is 5.69 Å². The molecule has 1 amide bonds. The summed E-state index contributed by atoms with van der Waals surface area (Å²) < 4.78 is 21.0. The molecule has 120 valence electrons. The number of hydrogen-bond acceptors (Lipinski definition) is 5. The Balaban J connectivity index is 1.93. The summed E-state index contributed by atoms with van der Waals surface area (Å²) in [5, 5.41) is 3.16. The van der Waals surface area contributed by atoms with Crippen LogP contribution < -0.4 is 24.3 Å². The second-order valence-electron chi connectivity index (χ2n) is 4.68. The number of benzene rings is 2. The summed E-state index contributed by atoms with van der Waals surface area (Å²) in [6.07, 6.45) is 0. The Morgan fingerprint density at radius 3 is 2.70 bits per heavy atom. The number of fused-ring (bicyclic) bond motifs is 1. The normalized spacial score (nSPS) is 12.0. The van der Waals surface area contributed by atoms with E-state index < -0.39 is 0 Å². The van der Waals surface area contributed by atoms with Gasteiger partial charge in [-0.3, -0.25) is 4.79 Å². The van der Waals surface area contributed by atoms with E-state index in [1.807, 2.05) is 0 Å². The molecule has 0 fully saturated rings. The first-order valence-electron chi connectivity index (χ1n) is 6.75. The highest BCUT2D eigenvalue weighted by molar-refractivity contribution is 6.32. The van der Waals surface area contributed by atoms with E-state index >= 15 is 0 Å². The van der Waals surface area contributed by atoms with E-state index in [-0.39, 0.29) is 12.7 Å². The monoisotopic (exact) mass is 335 g/mol. The molecule has 0 aliphatic carbocycles. The van der Waals surface area contributed by atoms with E-state index in [1.54, 1.807) is 30.3 Å². The number of anilines is 1.